The third-order valence-corrected chi connectivity index (χ3v) is 2.82. The second-order valence-electron chi connectivity index (χ2n) is 4.41. The summed E-state index contributed by atoms with van der Waals surface area (Å²) < 4.78 is 57.0. The first-order chi connectivity index (χ1) is 9.07. The summed E-state index contributed by atoms with van der Waals surface area (Å²) in [5.74, 6) is -6.82. The number of ether oxygens (including phenoxy) is 1. The molecular formula is C14H18F4O. The second kappa shape index (κ2) is 8.02. The number of hydrogen-bond donors (Lipinski definition) is 0. The van der Waals surface area contributed by atoms with E-state index in [0.717, 1.165) is 32.1 Å². The molecule has 0 saturated heterocycles. The van der Waals surface area contributed by atoms with Crippen LogP contribution in [0.2, 0.25) is 0 Å². The van der Waals surface area contributed by atoms with Gasteiger partial charge in [-0.25, -0.2) is 8.78 Å². The number of hydrogen-bond acceptors (Lipinski definition) is 1. The highest BCUT2D eigenvalue weighted by molar-refractivity contribution is 5.28. The van der Waals surface area contributed by atoms with Crippen LogP contribution in [0.3, 0.4) is 0 Å². The third-order valence-electron chi connectivity index (χ3n) is 2.82. The summed E-state index contributed by atoms with van der Waals surface area (Å²) in [5.41, 5.74) is 0. The molecule has 0 unspecified atom stereocenters. The van der Waals surface area contributed by atoms with Gasteiger partial charge in [0.2, 0.25) is 11.6 Å². The average Bonchev–Trinajstić information content (AvgIpc) is 2.39. The highest BCUT2D eigenvalue weighted by atomic mass is 19.2. The first-order valence-electron chi connectivity index (χ1n) is 6.53. The van der Waals surface area contributed by atoms with Crippen LogP contribution in [0, 0.1) is 23.3 Å². The van der Waals surface area contributed by atoms with Gasteiger partial charge < -0.3 is 4.74 Å². The Morgan fingerprint density at radius 2 is 1.37 bits per heavy atom. The van der Waals surface area contributed by atoms with Gasteiger partial charge in [-0.3, -0.25) is 0 Å². The largest absolute Gasteiger partial charge is 0.487 e. The quantitative estimate of drug-likeness (QED) is 0.370. The maximum Gasteiger partial charge on any atom is 0.203 e. The third kappa shape index (κ3) is 4.73. The minimum atomic E-state index is -1.48. The molecule has 1 aromatic rings. The van der Waals surface area contributed by atoms with Crippen molar-refractivity contribution in [3.8, 4) is 5.75 Å². The van der Waals surface area contributed by atoms with E-state index in [0.29, 0.717) is 6.42 Å². The minimum absolute atomic E-state index is 0.0445. The molecule has 0 aliphatic carbocycles. The Bertz CT molecular complexity index is 381. The Balaban J connectivity index is 2.41. The van der Waals surface area contributed by atoms with E-state index in [2.05, 4.69) is 6.92 Å². The normalized spacial score (nSPS) is 10.8. The zero-order chi connectivity index (χ0) is 14.3. The predicted molar refractivity (Wildman–Crippen MR) is 65.1 cm³/mol. The van der Waals surface area contributed by atoms with Crippen molar-refractivity contribution in [2.24, 2.45) is 0 Å². The highest BCUT2D eigenvalue weighted by Crippen LogP contribution is 2.26. The van der Waals surface area contributed by atoms with E-state index < -0.39 is 29.0 Å². The zero-order valence-electron chi connectivity index (χ0n) is 10.9. The van der Waals surface area contributed by atoms with E-state index >= 15 is 0 Å². The van der Waals surface area contributed by atoms with E-state index in [1.807, 2.05) is 0 Å². The lowest BCUT2D eigenvalue weighted by molar-refractivity contribution is 0.263. The van der Waals surface area contributed by atoms with Crippen LogP contribution in [-0.4, -0.2) is 6.61 Å². The lowest BCUT2D eigenvalue weighted by Crippen LogP contribution is -2.05. The number of unbranched alkanes of at least 4 members (excludes halogenated alkanes) is 5. The standard InChI is InChI=1S/C14H18F4O/c1-2-3-4-5-6-7-8-19-14-12(17)10(15)9-11(16)13(14)18/h9H,2-8H2,1H3. The molecule has 0 N–H and O–H groups in total. The molecule has 1 aromatic carbocycles. The van der Waals surface area contributed by atoms with Gasteiger partial charge in [-0.05, 0) is 6.42 Å². The minimum Gasteiger partial charge on any atom is -0.487 e. The molecule has 0 spiro atoms. The predicted octanol–water partition coefficient (Wildman–Crippen LogP) is 4.98. The van der Waals surface area contributed by atoms with Crippen LogP contribution in [-0.2, 0) is 0 Å². The maximum atomic E-state index is 13.2. The number of benzene rings is 1. The molecule has 0 saturated carbocycles. The van der Waals surface area contributed by atoms with Crippen molar-refractivity contribution in [2.75, 3.05) is 6.61 Å². The van der Waals surface area contributed by atoms with Gasteiger partial charge in [-0.2, -0.15) is 8.78 Å². The van der Waals surface area contributed by atoms with Gasteiger partial charge >= 0.3 is 0 Å². The lowest BCUT2D eigenvalue weighted by Gasteiger charge is -2.09. The van der Waals surface area contributed by atoms with Gasteiger partial charge in [0.25, 0.3) is 0 Å². The fourth-order valence-electron chi connectivity index (χ4n) is 1.73. The number of rotatable bonds is 8. The van der Waals surface area contributed by atoms with Gasteiger partial charge in [0, 0.05) is 6.07 Å². The van der Waals surface area contributed by atoms with Gasteiger partial charge in [0.1, 0.15) is 0 Å². The van der Waals surface area contributed by atoms with Crippen molar-refractivity contribution in [2.45, 2.75) is 45.4 Å². The molecule has 0 atom stereocenters. The SMILES string of the molecule is CCCCCCCCOc1c(F)c(F)cc(F)c1F. The van der Waals surface area contributed by atoms with E-state index in [1.54, 1.807) is 0 Å². The Kier molecular flexibility index (Phi) is 6.67. The van der Waals surface area contributed by atoms with Crippen molar-refractivity contribution >= 4 is 0 Å². The Morgan fingerprint density at radius 3 is 1.95 bits per heavy atom. The first kappa shape index (κ1) is 15.8. The molecule has 0 aliphatic heterocycles. The second-order valence-corrected chi connectivity index (χ2v) is 4.41. The van der Waals surface area contributed by atoms with Crippen LogP contribution in [0.25, 0.3) is 0 Å². The first-order valence-corrected chi connectivity index (χ1v) is 6.53. The van der Waals surface area contributed by atoms with Crippen LogP contribution in [0.1, 0.15) is 45.4 Å². The molecule has 0 aliphatic rings. The summed E-state index contributed by atoms with van der Waals surface area (Å²) in [6.07, 6.45) is 5.87. The Labute approximate surface area is 110 Å². The molecule has 1 nitrogen and oxygen atoms in total. The molecule has 0 fully saturated rings. The molecule has 0 radical (unpaired) electrons. The van der Waals surface area contributed by atoms with Gasteiger partial charge in [-0.15, -0.1) is 0 Å². The van der Waals surface area contributed by atoms with Crippen molar-refractivity contribution in [1.82, 2.24) is 0 Å². The van der Waals surface area contributed by atoms with Crippen LogP contribution < -0.4 is 4.74 Å². The van der Waals surface area contributed by atoms with E-state index in [-0.39, 0.29) is 12.7 Å². The van der Waals surface area contributed by atoms with E-state index in [1.165, 1.54) is 0 Å². The van der Waals surface area contributed by atoms with Crippen LogP contribution >= 0.6 is 0 Å². The summed E-state index contributed by atoms with van der Waals surface area (Å²) in [6, 6.07) is 0.169. The zero-order valence-corrected chi connectivity index (χ0v) is 10.9. The molecule has 1 rings (SSSR count). The smallest absolute Gasteiger partial charge is 0.203 e. The molecule has 19 heavy (non-hydrogen) atoms. The van der Waals surface area contributed by atoms with Crippen molar-refractivity contribution < 1.29 is 22.3 Å². The fraction of sp³-hybridized carbons (Fsp3) is 0.571. The number of halogens is 4. The van der Waals surface area contributed by atoms with Gasteiger partial charge in [0.15, 0.2) is 17.4 Å². The summed E-state index contributed by atoms with van der Waals surface area (Å²) >= 11 is 0. The van der Waals surface area contributed by atoms with Crippen molar-refractivity contribution in [3.05, 3.63) is 29.3 Å². The van der Waals surface area contributed by atoms with Crippen LogP contribution in [0.5, 0.6) is 5.75 Å². The van der Waals surface area contributed by atoms with Gasteiger partial charge in [0.05, 0.1) is 6.61 Å². The summed E-state index contributed by atoms with van der Waals surface area (Å²) in [5, 5.41) is 0. The fourth-order valence-corrected chi connectivity index (χ4v) is 1.73. The molecule has 0 amide bonds. The van der Waals surface area contributed by atoms with Crippen LogP contribution in [0.15, 0.2) is 6.07 Å². The monoisotopic (exact) mass is 278 g/mol. The lowest BCUT2D eigenvalue weighted by atomic mass is 10.1. The summed E-state index contributed by atoms with van der Waals surface area (Å²) in [4.78, 5) is 0. The summed E-state index contributed by atoms with van der Waals surface area (Å²) in [7, 11) is 0. The topological polar surface area (TPSA) is 9.23 Å². The highest BCUT2D eigenvalue weighted by Gasteiger charge is 2.20. The summed E-state index contributed by atoms with van der Waals surface area (Å²) in [6.45, 7) is 2.15. The van der Waals surface area contributed by atoms with E-state index in [4.69, 9.17) is 4.74 Å². The van der Waals surface area contributed by atoms with Crippen molar-refractivity contribution in [3.63, 3.8) is 0 Å². The Hall–Kier alpha value is -1.26. The molecule has 0 bridgehead atoms. The van der Waals surface area contributed by atoms with Gasteiger partial charge in [-0.1, -0.05) is 39.0 Å². The van der Waals surface area contributed by atoms with Crippen molar-refractivity contribution in [1.29, 1.82) is 0 Å². The molecule has 0 heterocycles. The molecule has 0 aromatic heterocycles. The van der Waals surface area contributed by atoms with Crippen LogP contribution in [0.4, 0.5) is 17.6 Å². The molecular weight excluding hydrogens is 260 g/mol. The average molecular weight is 278 g/mol. The Morgan fingerprint density at radius 1 is 0.842 bits per heavy atom. The maximum absolute atomic E-state index is 13.2. The molecule has 108 valence electrons. The van der Waals surface area contributed by atoms with E-state index in [9.17, 15) is 17.6 Å². The molecule has 5 heteroatoms.